The molecule has 0 spiro atoms. The lowest BCUT2D eigenvalue weighted by Gasteiger charge is -2.14. The second-order valence-corrected chi connectivity index (χ2v) is 4.84. The maximum absolute atomic E-state index is 13.3. The first-order chi connectivity index (χ1) is 8.91. The van der Waals surface area contributed by atoms with Gasteiger partial charge in [0.25, 0.3) is 0 Å². The van der Waals surface area contributed by atoms with Crippen molar-refractivity contribution in [1.29, 1.82) is 0 Å². The number of carbonyl (C=O) groups excluding carboxylic acids is 1. The van der Waals surface area contributed by atoms with Gasteiger partial charge in [0.1, 0.15) is 0 Å². The van der Waals surface area contributed by atoms with E-state index in [1.807, 2.05) is 13.8 Å². The fourth-order valence-corrected chi connectivity index (χ4v) is 1.61. The van der Waals surface area contributed by atoms with Crippen molar-refractivity contribution in [1.82, 2.24) is 5.32 Å². The molecule has 1 amide bonds. The number of benzene rings is 1. The van der Waals surface area contributed by atoms with Crippen LogP contribution in [0.5, 0.6) is 0 Å². The lowest BCUT2D eigenvalue weighted by molar-refractivity contribution is -0.120. The van der Waals surface area contributed by atoms with Gasteiger partial charge in [0, 0.05) is 12.1 Å². The molecule has 0 heterocycles. The molecule has 0 aliphatic carbocycles. The summed E-state index contributed by atoms with van der Waals surface area (Å²) in [5.41, 5.74) is 0.0295. The maximum Gasteiger partial charge on any atom is 0.224 e. The average Bonchev–Trinajstić information content (AvgIpc) is 2.34. The van der Waals surface area contributed by atoms with Crippen LogP contribution in [-0.4, -0.2) is 23.7 Å². The van der Waals surface area contributed by atoms with E-state index in [1.165, 1.54) is 12.1 Å². The van der Waals surface area contributed by atoms with E-state index in [4.69, 9.17) is 0 Å². The summed E-state index contributed by atoms with van der Waals surface area (Å²) >= 11 is 0. The fraction of sp³-hybridized carbons (Fsp3) is 0.500. The summed E-state index contributed by atoms with van der Waals surface area (Å²) in [6, 6.07) is 3.75. The molecular weight excluding hydrogens is 252 g/mol. The zero-order chi connectivity index (χ0) is 14.4. The molecule has 3 nitrogen and oxygen atoms in total. The Bertz CT molecular complexity index is 435. The van der Waals surface area contributed by atoms with Gasteiger partial charge in [-0.15, -0.1) is 0 Å². The Balaban J connectivity index is 2.41. The third kappa shape index (κ3) is 4.95. The van der Waals surface area contributed by atoms with Crippen molar-refractivity contribution in [3.63, 3.8) is 0 Å². The van der Waals surface area contributed by atoms with Crippen LogP contribution in [0, 0.1) is 17.6 Å². The van der Waals surface area contributed by atoms with Gasteiger partial charge in [-0.1, -0.05) is 26.0 Å². The molecule has 1 aromatic carbocycles. The lowest BCUT2D eigenvalue weighted by Crippen LogP contribution is -2.30. The normalized spacial score (nSPS) is 12.5. The number of amides is 1. The van der Waals surface area contributed by atoms with E-state index in [0.29, 0.717) is 13.0 Å². The van der Waals surface area contributed by atoms with E-state index >= 15 is 0 Å². The third-order valence-electron chi connectivity index (χ3n) is 2.91. The fourth-order valence-electron chi connectivity index (χ4n) is 1.61. The molecule has 5 heteroatoms. The minimum atomic E-state index is -0.986. The van der Waals surface area contributed by atoms with Crippen LogP contribution in [0.3, 0.4) is 0 Å². The minimum Gasteiger partial charge on any atom is -0.393 e. The smallest absolute Gasteiger partial charge is 0.224 e. The Hall–Kier alpha value is -1.49. The van der Waals surface area contributed by atoms with Crippen LogP contribution >= 0.6 is 0 Å². The highest BCUT2D eigenvalue weighted by Gasteiger charge is 2.12. The summed E-state index contributed by atoms with van der Waals surface area (Å²) in [7, 11) is 0. The Kier molecular flexibility index (Phi) is 5.89. The van der Waals surface area contributed by atoms with Crippen molar-refractivity contribution >= 4 is 5.91 Å². The summed E-state index contributed by atoms with van der Waals surface area (Å²) in [5.74, 6) is -2.21. The number of carbonyl (C=O) groups is 1. The van der Waals surface area contributed by atoms with Gasteiger partial charge >= 0.3 is 0 Å². The molecule has 0 aliphatic rings. The molecule has 106 valence electrons. The molecular formula is C14H19F2NO2. The van der Waals surface area contributed by atoms with Gasteiger partial charge in [-0.05, 0) is 18.4 Å². The number of nitrogens with one attached hydrogen (secondary N) is 1. The standard InChI is InChI=1S/C14H19F2NO2/c1-9(2)12(18)6-7-17-13(19)8-10-4-3-5-11(15)14(10)16/h3-5,9,12,18H,6-8H2,1-2H3,(H,17,19). The zero-order valence-corrected chi connectivity index (χ0v) is 11.1. The number of hydrogen-bond donors (Lipinski definition) is 2. The van der Waals surface area contributed by atoms with Gasteiger partial charge < -0.3 is 10.4 Å². The van der Waals surface area contributed by atoms with Gasteiger partial charge in [0.15, 0.2) is 11.6 Å². The monoisotopic (exact) mass is 271 g/mol. The van der Waals surface area contributed by atoms with Crippen molar-refractivity contribution in [2.75, 3.05) is 6.54 Å². The second-order valence-electron chi connectivity index (χ2n) is 4.84. The Morgan fingerprint density at radius 3 is 2.68 bits per heavy atom. The predicted octanol–water partition coefficient (Wildman–Crippen LogP) is 2.03. The summed E-state index contributed by atoms with van der Waals surface area (Å²) in [6.45, 7) is 4.08. The molecule has 0 radical (unpaired) electrons. The summed E-state index contributed by atoms with van der Waals surface area (Å²) < 4.78 is 26.3. The second kappa shape index (κ2) is 7.19. The van der Waals surface area contributed by atoms with E-state index < -0.39 is 17.7 Å². The maximum atomic E-state index is 13.3. The van der Waals surface area contributed by atoms with Crippen molar-refractivity contribution < 1.29 is 18.7 Å². The lowest BCUT2D eigenvalue weighted by atomic mass is 10.0. The highest BCUT2D eigenvalue weighted by Crippen LogP contribution is 2.11. The van der Waals surface area contributed by atoms with E-state index in [0.717, 1.165) is 6.07 Å². The topological polar surface area (TPSA) is 49.3 Å². The molecule has 1 atom stereocenters. The van der Waals surface area contributed by atoms with Crippen LogP contribution in [0.15, 0.2) is 18.2 Å². The number of hydrogen-bond acceptors (Lipinski definition) is 2. The van der Waals surface area contributed by atoms with E-state index in [2.05, 4.69) is 5.32 Å². The van der Waals surface area contributed by atoms with E-state index in [-0.39, 0.29) is 23.8 Å². The van der Waals surface area contributed by atoms with Crippen molar-refractivity contribution in [2.45, 2.75) is 32.8 Å². The molecule has 0 aliphatic heterocycles. The van der Waals surface area contributed by atoms with Crippen molar-refractivity contribution in [2.24, 2.45) is 5.92 Å². The van der Waals surface area contributed by atoms with Crippen molar-refractivity contribution in [3.8, 4) is 0 Å². The van der Waals surface area contributed by atoms with Crippen LogP contribution < -0.4 is 5.32 Å². The van der Waals surface area contributed by atoms with Gasteiger partial charge in [-0.2, -0.15) is 0 Å². The van der Waals surface area contributed by atoms with Crippen LogP contribution in [0.25, 0.3) is 0 Å². The first-order valence-corrected chi connectivity index (χ1v) is 6.29. The number of aliphatic hydroxyl groups excluding tert-OH is 1. The Morgan fingerprint density at radius 2 is 2.05 bits per heavy atom. The summed E-state index contributed by atoms with van der Waals surface area (Å²) in [5, 5.41) is 12.1. The summed E-state index contributed by atoms with van der Waals surface area (Å²) in [4.78, 5) is 11.5. The molecule has 0 bridgehead atoms. The van der Waals surface area contributed by atoms with Gasteiger partial charge in [0.05, 0.1) is 12.5 Å². The Labute approximate surface area is 111 Å². The molecule has 0 aromatic heterocycles. The van der Waals surface area contributed by atoms with Crippen LogP contribution in [0.1, 0.15) is 25.8 Å². The SMILES string of the molecule is CC(C)C(O)CCNC(=O)Cc1cccc(F)c1F. The average molecular weight is 271 g/mol. The summed E-state index contributed by atoms with van der Waals surface area (Å²) in [6.07, 6.45) is -0.248. The zero-order valence-electron chi connectivity index (χ0n) is 11.1. The molecule has 19 heavy (non-hydrogen) atoms. The van der Waals surface area contributed by atoms with Crippen LogP contribution in [-0.2, 0) is 11.2 Å². The van der Waals surface area contributed by atoms with Crippen LogP contribution in [0.4, 0.5) is 8.78 Å². The highest BCUT2D eigenvalue weighted by atomic mass is 19.2. The highest BCUT2D eigenvalue weighted by molar-refractivity contribution is 5.78. The molecule has 2 N–H and O–H groups in total. The number of rotatable bonds is 6. The first kappa shape index (κ1) is 15.6. The van der Waals surface area contributed by atoms with E-state index in [9.17, 15) is 18.7 Å². The number of aliphatic hydroxyl groups is 1. The molecule has 0 saturated heterocycles. The molecule has 0 saturated carbocycles. The van der Waals surface area contributed by atoms with Gasteiger partial charge in [-0.3, -0.25) is 4.79 Å². The number of halogens is 2. The van der Waals surface area contributed by atoms with Crippen molar-refractivity contribution in [3.05, 3.63) is 35.4 Å². The van der Waals surface area contributed by atoms with Gasteiger partial charge in [0.2, 0.25) is 5.91 Å². The van der Waals surface area contributed by atoms with Crippen LogP contribution in [0.2, 0.25) is 0 Å². The largest absolute Gasteiger partial charge is 0.393 e. The molecule has 1 aromatic rings. The third-order valence-corrected chi connectivity index (χ3v) is 2.91. The minimum absolute atomic E-state index is 0.0295. The quantitative estimate of drug-likeness (QED) is 0.831. The molecule has 1 unspecified atom stereocenters. The Morgan fingerprint density at radius 1 is 1.37 bits per heavy atom. The molecule has 0 fully saturated rings. The molecule has 1 rings (SSSR count). The van der Waals surface area contributed by atoms with Gasteiger partial charge in [-0.25, -0.2) is 8.78 Å². The first-order valence-electron chi connectivity index (χ1n) is 6.29. The van der Waals surface area contributed by atoms with E-state index in [1.54, 1.807) is 0 Å². The predicted molar refractivity (Wildman–Crippen MR) is 68.5 cm³/mol.